The fraction of sp³-hybridized carbons (Fsp3) is 0.375. The maximum absolute atomic E-state index is 5.62. The number of aryl methyl sites for hydroxylation is 2. The Labute approximate surface area is 109 Å². The summed E-state index contributed by atoms with van der Waals surface area (Å²) < 4.78 is 5.62. The van der Waals surface area contributed by atoms with Crippen LogP contribution in [-0.2, 0) is 6.42 Å². The van der Waals surface area contributed by atoms with Crippen molar-refractivity contribution < 1.29 is 4.42 Å². The zero-order valence-electron chi connectivity index (χ0n) is 11.4. The zero-order chi connectivity index (χ0) is 13.0. The molecule has 2 heteroatoms. The molecule has 0 saturated heterocycles. The van der Waals surface area contributed by atoms with Crippen molar-refractivity contribution in [3.05, 3.63) is 47.7 Å². The SMILES string of the molecule is Cc1ccc(-c2ccc(CCCN(C)C)cc2)o1. The molecule has 0 saturated carbocycles. The van der Waals surface area contributed by atoms with E-state index in [9.17, 15) is 0 Å². The molecule has 0 spiro atoms. The van der Waals surface area contributed by atoms with E-state index in [1.165, 1.54) is 12.0 Å². The van der Waals surface area contributed by atoms with E-state index >= 15 is 0 Å². The van der Waals surface area contributed by atoms with Crippen LogP contribution in [0.3, 0.4) is 0 Å². The zero-order valence-corrected chi connectivity index (χ0v) is 11.4. The van der Waals surface area contributed by atoms with Gasteiger partial charge < -0.3 is 9.32 Å². The van der Waals surface area contributed by atoms with Crippen LogP contribution in [0.25, 0.3) is 11.3 Å². The third kappa shape index (κ3) is 3.47. The average Bonchev–Trinajstić information content (AvgIpc) is 2.76. The molecule has 0 aliphatic carbocycles. The van der Waals surface area contributed by atoms with Gasteiger partial charge >= 0.3 is 0 Å². The molecule has 96 valence electrons. The van der Waals surface area contributed by atoms with E-state index in [1.807, 2.05) is 19.1 Å². The summed E-state index contributed by atoms with van der Waals surface area (Å²) in [7, 11) is 4.23. The van der Waals surface area contributed by atoms with Crippen LogP contribution in [-0.4, -0.2) is 25.5 Å². The fourth-order valence-corrected chi connectivity index (χ4v) is 2.02. The molecule has 2 aromatic rings. The monoisotopic (exact) mass is 243 g/mol. The van der Waals surface area contributed by atoms with Crippen molar-refractivity contribution in [3.63, 3.8) is 0 Å². The largest absolute Gasteiger partial charge is 0.461 e. The lowest BCUT2D eigenvalue weighted by atomic mass is 10.1. The third-order valence-electron chi connectivity index (χ3n) is 3.05. The Morgan fingerprint density at radius 2 is 1.72 bits per heavy atom. The third-order valence-corrected chi connectivity index (χ3v) is 3.05. The van der Waals surface area contributed by atoms with Crippen LogP contribution < -0.4 is 0 Å². The van der Waals surface area contributed by atoms with E-state index in [0.29, 0.717) is 0 Å². The number of hydrogen-bond donors (Lipinski definition) is 0. The van der Waals surface area contributed by atoms with E-state index in [0.717, 1.165) is 30.0 Å². The minimum absolute atomic E-state index is 0.951. The van der Waals surface area contributed by atoms with E-state index in [2.05, 4.69) is 43.3 Å². The van der Waals surface area contributed by atoms with Crippen LogP contribution in [0.15, 0.2) is 40.8 Å². The Balaban J connectivity index is 1.97. The van der Waals surface area contributed by atoms with E-state index in [-0.39, 0.29) is 0 Å². The lowest BCUT2D eigenvalue weighted by Gasteiger charge is -2.09. The van der Waals surface area contributed by atoms with Gasteiger partial charge in [0.1, 0.15) is 11.5 Å². The highest BCUT2D eigenvalue weighted by atomic mass is 16.3. The Morgan fingerprint density at radius 3 is 2.28 bits per heavy atom. The summed E-state index contributed by atoms with van der Waals surface area (Å²) in [5, 5.41) is 0. The van der Waals surface area contributed by atoms with Gasteiger partial charge in [-0.15, -0.1) is 0 Å². The van der Waals surface area contributed by atoms with Crippen LogP contribution in [0.5, 0.6) is 0 Å². The Kier molecular flexibility index (Phi) is 4.21. The van der Waals surface area contributed by atoms with Crippen LogP contribution in [0.2, 0.25) is 0 Å². The van der Waals surface area contributed by atoms with Gasteiger partial charge in [-0.1, -0.05) is 24.3 Å². The van der Waals surface area contributed by atoms with Crippen LogP contribution in [0.4, 0.5) is 0 Å². The Hall–Kier alpha value is -1.54. The molecule has 0 bridgehead atoms. The summed E-state index contributed by atoms with van der Waals surface area (Å²) in [5.74, 6) is 1.91. The maximum atomic E-state index is 5.62. The highest BCUT2D eigenvalue weighted by Gasteiger charge is 2.02. The molecule has 2 rings (SSSR count). The average molecular weight is 243 g/mol. The van der Waals surface area contributed by atoms with Crippen molar-refractivity contribution in [1.82, 2.24) is 4.90 Å². The van der Waals surface area contributed by atoms with Gasteiger partial charge in [0.2, 0.25) is 0 Å². The first kappa shape index (κ1) is 12.9. The van der Waals surface area contributed by atoms with Crippen molar-refractivity contribution in [2.45, 2.75) is 19.8 Å². The second-order valence-corrected chi connectivity index (χ2v) is 5.01. The van der Waals surface area contributed by atoms with Crippen LogP contribution in [0.1, 0.15) is 17.7 Å². The van der Waals surface area contributed by atoms with Gasteiger partial charge in [-0.25, -0.2) is 0 Å². The standard InChI is InChI=1S/C16H21NO/c1-13-6-11-16(18-13)15-9-7-14(8-10-15)5-4-12-17(2)3/h6-11H,4-5,12H2,1-3H3. The van der Waals surface area contributed by atoms with Gasteiger partial charge in [0.25, 0.3) is 0 Å². The van der Waals surface area contributed by atoms with Gasteiger partial charge in [-0.2, -0.15) is 0 Å². The molecule has 0 amide bonds. The number of rotatable bonds is 5. The van der Waals surface area contributed by atoms with Crippen LogP contribution in [0, 0.1) is 6.92 Å². The smallest absolute Gasteiger partial charge is 0.134 e. The lowest BCUT2D eigenvalue weighted by Crippen LogP contribution is -2.13. The summed E-state index contributed by atoms with van der Waals surface area (Å²) >= 11 is 0. The van der Waals surface area contributed by atoms with Gasteiger partial charge in [-0.3, -0.25) is 0 Å². The summed E-state index contributed by atoms with van der Waals surface area (Å²) in [5.41, 5.74) is 2.54. The first-order valence-corrected chi connectivity index (χ1v) is 6.45. The number of hydrogen-bond acceptors (Lipinski definition) is 2. The highest BCUT2D eigenvalue weighted by molar-refractivity contribution is 5.57. The first-order chi connectivity index (χ1) is 8.65. The summed E-state index contributed by atoms with van der Waals surface area (Å²) in [6.45, 7) is 3.11. The van der Waals surface area contributed by atoms with Gasteiger partial charge in [-0.05, 0) is 58.1 Å². The second kappa shape index (κ2) is 5.87. The molecular formula is C16H21NO. The maximum Gasteiger partial charge on any atom is 0.134 e. The minimum atomic E-state index is 0.951. The first-order valence-electron chi connectivity index (χ1n) is 6.45. The molecule has 0 aliphatic heterocycles. The summed E-state index contributed by atoms with van der Waals surface area (Å²) in [4.78, 5) is 2.22. The molecule has 0 N–H and O–H groups in total. The Bertz CT molecular complexity index is 482. The predicted octanol–water partition coefficient (Wildman–Crippen LogP) is 3.75. The molecule has 1 heterocycles. The van der Waals surface area contributed by atoms with Crippen molar-refractivity contribution in [3.8, 4) is 11.3 Å². The molecule has 1 aromatic heterocycles. The van der Waals surface area contributed by atoms with E-state index < -0.39 is 0 Å². The van der Waals surface area contributed by atoms with Crippen molar-refractivity contribution in [1.29, 1.82) is 0 Å². The van der Waals surface area contributed by atoms with Gasteiger partial charge in [0.15, 0.2) is 0 Å². The summed E-state index contributed by atoms with van der Waals surface area (Å²) in [6, 6.07) is 12.7. The normalized spacial score (nSPS) is 11.1. The highest BCUT2D eigenvalue weighted by Crippen LogP contribution is 2.22. The van der Waals surface area contributed by atoms with Crippen molar-refractivity contribution >= 4 is 0 Å². The molecule has 18 heavy (non-hydrogen) atoms. The number of furan rings is 1. The second-order valence-electron chi connectivity index (χ2n) is 5.01. The Morgan fingerprint density at radius 1 is 1.00 bits per heavy atom. The van der Waals surface area contributed by atoms with Crippen molar-refractivity contribution in [2.75, 3.05) is 20.6 Å². The molecule has 0 unspecified atom stereocenters. The molecular weight excluding hydrogens is 222 g/mol. The number of nitrogens with zero attached hydrogens (tertiary/aromatic N) is 1. The molecule has 1 aromatic carbocycles. The molecule has 0 radical (unpaired) electrons. The lowest BCUT2D eigenvalue weighted by molar-refractivity contribution is 0.400. The molecule has 2 nitrogen and oxygen atoms in total. The van der Waals surface area contributed by atoms with E-state index in [4.69, 9.17) is 4.42 Å². The predicted molar refractivity (Wildman–Crippen MR) is 75.8 cm³/mol. The fourth-order valence-electron chi connectivity index (χ4n) is 2.02. The molecule has 0 fully saturated rings. The summed E-state index contributed by atoms with van der Waals surface area (Å²) in [6.07, 6.45) is 2.34. The molecule has 0 atom stereocenters. The molecule has 0 aliphatic rings. The topological polar surface area (TPSA) is 16.4 Å². The number of benzene rings is 1. The van der Waals surface area contributed by atoms with Gasteiger partial charge in [0, 0.05) is 5.56 Å². The minimum Gasteiger partial charge on any atom is -0.461 e. The van der Waals surface area contributed by atoms with Crippen molar-refractivity contribution in [2.24, 2.45) is 0 Å². The van der Waals surface area contributed by atoms with Gasteiger partial charge in [0.05, 0.1) is 0 Å². The quantitative estimate of drug-likeness (QED) is 0.795. The van der Waals surface area contributed by atoms with Crippen LogP contribution >= 0.6 is 0 Å². The van der Waals surface area contributed by atoms with E-state index in [1.54, 1.807) is 0 Å².